The molecule has 1 saturated heterocycles. The van der Waals surface area contributed by atoms with Crippen LogP contribution in [0.2, 0.25) is 0 Å². The summed E-state index contributed by atoms with van der Waals surface area (Å²) in [5.74, 6) is -0.479. The molecule has 82 valence electrons. The van der Waals surface area contributed by atoms with E-state index in [4.69, 9.17) is 15.2 Å². The first-order valence-electron chi connectivity index (χ1n) is 4.82. The van der Waals surface area contributed by atoms with Gasteiger partial charge in [-0.3, -0.25) is 4.68 Å². The van der Waals surface area contributed by atoms with Crippen molar-refractivity contribution in [2.75, 3.05) is 18.9 Å². The van der Waals surface area contributed by atoms with E-state index in [1.165, 1.54) is 0 Å². The molecule has 2 heterocycles. The zero-order chi connectivity index (χ0) is 10.8. The molecule has 1 aromatic rings. The van der Waals surface area contributed by atoms with Gasteiger partial charge >= 0.3 is 5.97 Å². The number of hydrogen-bond donors (Lipinski definition) is 1. The summed E-state index contributed by atoms with van der Waals surface area (Å²) in [5, 5.41) is 4.02. The average molecular weight is 211 g/mol. The number of esters is 1. The maximum absolute atomic E-state index is 11.6. The summed E-state index contributed by atoms with van der Waals surface area (Å²) in [6.45, 7) is 3.51. The molecule has 0 unspecified atom stereocenters. The molecule has 1 aliphatic rings. The highest BCUT2D eigenvalue weighted by Gasteiger charge is 2.25. The van der Waals surface area contributed by atoms with Gasteiger partial charge in [-0.1, -0.05) is 0 Å². The molecule has 15 heavy (non-hydrogen) atoms. The lowest BCUT2D eigenvalue weighted by molar-refractivity contribution is -0.103. The minimum atomic E-state index is -0.479. The summed E-state index contributed by atoms with van der Waals surface area (Å²) >= 11 is 0. The molecular weight excluding hydrogens is 198 g/mol. The number of hydrogen-bond acceptors (Lipinski definition) is 5. The molecule has 6 nitrogen and oxygen atoms in total. The van der Waals surface area contributed by atoms with E-state index in [0.717, 1.165) is 0 Å². The van der Waals surface area contributed by atoms with E-state index < -0.39 is 5.97 Å². The summed E-state index contributed by atoms with van der Waals surface area (Å²) in [7, 11) is 0. The van der Waals surface area contributed by atoms with Crippen LogP contribution in [0.4, 0.5) is 5.69 Å². The molecule has 0 aromatic carbocycles. The molecule has 0 bridgehead atoms. The fraction of sp³-hybridized carbons (Fsp3) is 0.556. The minimum Gasteiger partial charge on any atom is -0.453 e. The third kappa shape index (κ3) is 1.94. The topological polar surface area (TPSA) is 79.4 Å². The average Bonchev–Trinajstić information content (AvgIpc) is 2.53. The Kier molecular flexibility index (Phi) is 2.59. The van der Waals surface area contributed by atoms with Crippen LogP contribution in [0.1, 0.15) is 17.4 Å². The highest BCUT2D eigenvalue weighted by Crippen LogP contribution is 2.14. The maximum atomic E-state index is 11.6. The lowest BCUT2D eigenvalue weighted by Crippen LogP contribution is -2.38. The Morgan fingerprint density at radius 2 is 2.53 bits per heavy atom. The fourth-order valence-corrected chi connectivity index (χ4v) is 1.25. The van der Waals surface area contributed by atoms with Crippen LogP contribution in [-0.2, 0) is 16.0 Å². The summed E-state index contributed by atoms with van der Waals surface area (Å²) < 4.78 is 11.6. The monoisotopic (exact) mass is 211 g/mol. The molecule has 0 atom stereocenters. The van der Waals surface area contributed by atoms with Gasteiger partial charge in [0.05, 0.1) is 18.9 Å². The van der Waals surface area contributed by atoms with Crippen LogP contribution < -0.4 is 5.73 Å². The zero-order valence-electron chi connectivity index (χ0n) is 8.47. The summed E-state index contributed by atoms with van der Waals surface area (Å²) in [6, 6.07) is 0. The Bertz CT molecular complexity index is 371. The molecule has 1 fully saturated rings. The zero-order valence-corrected chi connectivity index (χ0v) is 8.47. The van der Waals surface area contributed by atoms with E-state index in [1.807, 2.05) is 6.92 Å². The number of rotatable bonds is 3. The predicted octanol–water partition coefficient (Wildman–Crippen LogP) is 0.0408. The fourth-order valence-electron chi connectivity index (χ4n) is 1.25. The van der Waals surface area contributed by atoms with Crippen molar-refractivity contribution in [1.82, 2.24) is 9.78 Å². The van der Waals surface area contributed by atoms with Crippen LogP contribution in [0.25, 0.3) is 0 Å². The molecule has 6 heteroatoms. The number of carbonyl (C=O) groups excluding carboxylic acids is 1. The van der Waals surface area contributed by atoms with Crippen molar-refractivity contribution < 1.29 is 14.3 Å². The van der Waals surface area contributed by atoms with Crippen molar-refractivity contribution in [2.45, 2.75) is 19.6 Å². The second-order valence-electron chi connectivity index (χ2n) is 3.35. The smallest absolute Gasteiger partial charge is 0.361 e. The van der Waals surface area contributed by atoms with Crippen molar-refractivity contribution in [3.8, 4) is 0 Å². The molecular formula is C9H13N3O3. The van der Waals surface area contributed by atoms with Gasteiger partial charge in [-0.25, -0.2) is 4.79 Å². The molecule has 1 aromatic heterocycles. The van der Waals surface area contributed by atoms with Crippen LogP contribution in [0.5, 0.6) is 0 Å². The summed E-state index contributed by atoms with van der Waals surface area (Å²) in [4.78, 5) is 11.6. The number of aryl methyl sites for hydroxylation is 1. The Morgan fingerprint density at radius 3 is 3.00 bits per heavy atom. The van der Waals surface area contributed by atoms with Gasteiger partial charge in [0.15, 0.2) is 5.69 Å². The highest BCUT2D eigenvalue weighted by atomic mass is 16.6. The van der Waals surface area contributed by atoms with E-state index in [9.17, 15) is 4.79 Å². The standard InChI is InChI=1S/C9H13N3O3/c1-2-12-3-7(10)8(11-12)9(13)15-6-4-14-5-6/h3,6H,2,4-5,10H2,1H3. The second kappa shape index (κ2) is 3.90. The first-order chi connectivity index (χ1) is 7.20. The van der Waals surface area contributed by atoms with Crippen molar-refractivity contribution >= 4 is 11.7 Å². The second-order valence-corrected chi connectivity index (χ2v) is 3.35. The highest BCUT2D eigenvalue weighted by molar-refractivity contribution is 5.92. The van der Waals surface area contributed by atoms with Gasteiger partial charge in [-0.15, -0.1) is 0 Å². The summed E-state index contributed by atoms with van der Waals surface area (Å²) in [5.41, 5.74) is 6.17. The first-order valence-corrected chi connectivity index (χ1v) is 4.82. The molecule has 0 amide bonds. The van der Waals surface area contributed by atoms with E-state index in [-0.39, 0.29) is 11.8 Å². The lowest BCUT2D eigenvalue weighted by Gasteiger charge is -2.25. The molecule has 1 aliphatic heterocycles. The SMILES string of the molecule is CCn1cc(N)c(C(=O)OC2COC2)n1. The van der Waals surface area contributed by atoms with Crippen molar-refractivity contribution in [3.63, 3.8) is 0 Å². The number of nitrogens with zero attached hydrogens (tertiary/aromatic N) is 2. The number of ether oxygens (including phenoxy) is 2. The minimum absolute atomic E-state index is 0.149. The van der Waals surface area contributed by atoms with Crippen LogP contribution in [-0.4, -0.2) is 35.1 Å². The number of nitrogens with two attached hydrogens (primary N) is 1. The maximum Gasteiger partial charge on any atom is 0.361 e. The third-order valence-corrected chi connectivity index (χ3v) is 2.19. The Hall–Kier alpha value is -1.56. The van der Waals surface area contributed by atoms with Crippen LogP contribution in [0, 0.1) is 0 Å². The molecule has 0 radical (unpaired) electrons. The predicted molar refractivity (Wildman–Crippen MR) is 52.3 cm³/mol. The molecule has 0 spiro atoms. The number of anilines is 1. The number of carbonyl (C=O) groups is 1. The van der Waals surface area contributed by atoms with Crippen molar-refractivity contribution in [2.24, 2.45) is 0 Å². The van der Waals surface area contributed by atoms with E-state index in [1.54, 1.807) is 10.9 Å². The number of nitrogen functional groups attached to an aromatic ring is 1. The van der Waals surface area contributed by atoms with E-state index in [2.05, 4.69) is 5.10 Å². The molecule has 2 N–H and O–H groups in total. The van der Waals surface area contributed by atoms with Crippen molar-refractivity contribution in [1.29, 1.82) is 0 Å². The van der Waals surface area contributed by atoms with Crippen LogP contribution in [0.15, 0.2) is 6.20 Å². The normalized spacial score (nSPS) is 16.1. The van der Waals surface area contributed by atoms with Crippen LogP contribution in [0.3, 0.4) is 0 Å². The van der Waals surface area contributed by atoms with Gasteiger partial charge in [-0.05, 0) is 6.92 Å². The quantitative estimate of drug-likeness (QED) is 0.714. The van der Waals surface area contributed by atoms with Gasteiger partial charge in [0.25, 0.3) is 0 Å². The Labute approximate surface area is 87.0 Å². The Morgan fingerprint density at radius 1 is 1.80 bits per heavy atom. The van der Waals surface area contributed by atoms with Gasteiger partial charge in [0.1, 0.15) is 6.10 Å². The van der Waals surface area contributed by atoms with Gasteiger partial charge < -0.3 is 15.2 Å². The molecule has 0 aliphatic carbocycles. The number of aromatic nitrogens is 2. The van der Waals surface area contributed by atoms with Crippen LogP contribution >= 0.6 is 0 Å². The van der Waals surface area contributed by atoms with E-state index in [0.29, 0.717) is 25.4 Å². The first kappa shape index (κ1) is 9.97. The van der Waals surface area contributed by atoms with Gasteiger partial charge in [-0.2, -0.15) is 5.10 Å². The van der Waals surface area contributed by atoms with E-state index >= 15 is 0 Å². The van der Waals surface area contributed by atoms with Gasteiger partial charge in [0, 0.05) is 12.7 Å². The Balaban J connectivity index is 2.06. The van der Waals surface area contributed by atoms with Gasteiger partial charge in [0.2, 0.25) is 0 Å². The molecule has 2 rings (SSSR count). The third-order valence-electron chi connectivity index (χ3n) is 2.19. The lowest BCUT2D eigenvalue weighted by atomic mass is 10.3. The summed E-state index contributed by atoms with van der Waals surface area (Å²) in [6.07, 6.45) is 1.47. The molecule has 0 saturated carbocycles. The largest absolute Gasteiger partial charge is 0.453 e. The van der Waals surface area contributed by atoms with Crippen molar-refractivity contribution in [3.05, 3.63) is 11.9 Å².